The lowest BCUT2D eigenvalue weighted by Gasteiger charge is -2.19. The Hall–Kier alpha value is -1.77. The van der Waals surface area contributed by atoms with Gasteiger partial charge in [-0.25, -0.2) is 4.57 Å². The summed E-state index contributed by atoms with van der Waals surface area (Å²) in [5, 5.41) is 0. The fourth-order valence-electron chi connectivity index (χ4n) is 11.3. The van der Waals surface area contributed by atoms with Crippen molar-refractivity contribution in [1.29, 1.82) is 0 Å². The van der Waals surface area contributed by atoms with Crippen LogP contribution in [0.1, 0.15) is 393 Å². The van der Waals surface area contributed by atoms with Gasteiger partial charge in [-0.15, -0.1) is 0 Å². The summed E-state index contributed by atoms with van der Waals surface area (Å²) in [6.07, 6.45) is 88.3. The average molecular weight is 1200 g/mol. The van der Waals surface area contributed by atoms with Crippen LogP contribution in [0.5, 0.6) is 0 Å². The highest BCUT2D eigenvalue weighted by atomic mass is 31.2. The molecular formula is C74H142NO8P. The molecule has 0 heterocycles. The van der Waals surface area contributed by atoms with E-state index in [1.807, 2.05) is 0 Å². The minimum Gasteiger partial charge on any atom is -0.462 e. The first-order chi connectivity index (χ1) is 41.3. The van der Waals surface area contributed by atoms with E-state index >= 15 is 0 Å². The molecule has 3 N–H and O–H groups in total. The predicted molar refractivity (Wildman–Crippen MR) is 363 cm³/mol. The zero-order valence-electron chi connectivity index (χ0n) is 55.9. The first-order valence-electron chi connectivity index (χ1n) is 37.0. The Morgan fingerprint density at radius 3 is 0.917 bits per heavy atom. The first kappa shape index (κ1) is 82.2. The summed E-state index contributed by atoms with van der Waals surface area (Å²) in [5.41, 5.74) is 5.41. The number of hydrogen-bond donors (Lipinski definition) is 2. The van der Waals surface area contributed by atoms with Gasteiger partial charge >= 0.3 is 19.8 Å². The summed E-state index contributed by atoms with van der Waals surface area (Å²) in [6.45, 7) is 3.81. The van der Waals surface area contributed by atoms with E-state index in [1.54, 1.807) is 0 Å². The Kier molecular flexibility index (Phi) is 68.8. The molecule has 0 spiro atoms. The van der Waals surface area contributed by atoms with Crippen LogP contribution in [-0.4, -0.2) is 49.3 Å². The van der Waals surface area contributed by atoms with Gasteiger partial charge in [0.15, 0.2) is 6.10 Å². The number of ether oxygens (including phenoxy) is 2. The number of esters is 2. The molecule has 496 valence electrons. The van der Waals surface area contributed by atoms with E-state index in [0.29, 0.717) is 6.42 Å². The van der Waals surface area contributed by atoms with Crippen LogP contribution in [0.2, 0.25) is 0 Å². The Labute approximate surface area is 522 Å². The molecule has 0 aliphatic heterocycles. The molecule has 0 aromatic rings. The van der Waals surface area contributed by atoms with Gasteiger partial charge in [0.2, 0.25) is 0 Å². The normalized spacial score (nSPS) is 13.0. The minimum absolute atomic E-state index is 0.0554. The molecule has 0 saturated heterocycles. The number of rotatable bonds is 71. The Bertz CT molecular complexity index is 1470. The molecule has 0 radical (unpaired) electrons. The van der Waals surface area contributed by atoms with Gasteiger partial charge in [-0.2, -0.15) is 0 Å². The summed E-state index contributed by atoms with van der Waals surface area (Å²) in [7, 11) is -4.39. The van der Waals surface area contributed by atoms with Crippen LogP contribution in [-0.2, 0) is 32.7 Å². The number of unbranched alkanes of at least 4 members (excludes halogenated alkanes) is 52. The molecule has 0 bridgehead atoms. The van der Waals surface area contributed by atoms with Crippen molar-refractivity contribution < 1.29 is 37.6 Å². The van der Waals surface area contributed by atoms with Crippen LogP contribution in [0.4, 0.5) is 0 Å². The van der Waals surface area contributed by atoms with Crippen molar-refractivity contribution in [2.45, 2.75) is 399 Å². The molecule has 0 amide bonds. The van der Waals surface area contributed by atoms with Crippen LogP contribution in [0.15, 0.2) is 36.5 Å². The van der Waals surface area contributed by atoms with Crippen LogP contribution < -0.4 is 5.73 Å². The quantitative estimate of drug-likeness (QED) is 0.0264. The summed E-state index contributed by atoms with van der Waals surface area (Å²) in [6, 6.07) is 0. The molecule has 0 saturated carbocycles. The number of carbonyl (C=O) groups is 2. The maximum atomic E-state index is 12.8. The topological polar surface area (TPSA) is 134 Å². The molecule has 0 fully saturated rings. The smallest absolute Gasteiger partial charge is 0.462 e. The predicted octanol–water partition coefficient (Wildman–Crippen LogP) is 24.3. The lowest BCUT2D eigenvalue weighted by Crippen LogP contribution is -2.29. The van der Waals surface area contributed by atoms with Crippen molar-refractivity contribution >= 4 is 19.8 Å². The molecule has 0 aromatic heterocycles. The number of hydrogen-bond acceptors (Lipinski definition) is 8. The summed E-state index contributed by atoms with van der Waals surface area (Å²) < 4.78 is 33.2. The summed E-state index contributed by atoms with van der Waals surface area (Å²) >= 11 is 0. The van der Waals surface area contributed by atoms with E-state index < -0.39 is 26.5 Å². The Balaban J connectivity index is 3.79. The SMILES string of the molecule is CCCCCCC/C=C\C/C=C\C/C=C\CCCCCCCCCCCCCCCCC(=O)OC(COC(=O)CCCCCCCCCCCCCCCCCCCCCCCCCCCCCCCCCCCC)COP(=O)(O)OCCN. The van der Waals surface area contributed by atoms with Gasteiger partial charge in [0.1, 0.15) is 6.61 Å². The lowest BCUT2D eigenvalue weighted by molar-refractivity contribution is -0.161. The molecule has 0 aliphatic rings. The van der Waals surface area contributed by atoms with Gasteiger partial charge in [0.05, 0.1) is 13.2 Å². The zero-order chi connectivity index (χ0) is 60.9. The maximum Gasteiger partial charge on any atom is 0.472 e. The van der Waals surface area contributed by atoms with E-state index in [4.69, 9.17) is 24.3 Å². The third-order valence-electron chi connectivity index (χ3n) is 16.8. The second kappa shape index (κ2) is 70.3. The number of nitrogens with two attached hydrogens (primary N) is 1. The Morgan fingerprint density at radius 2 is 0.619 bits per heavy atom. The van der Waals surface area contributed by atoms with E-state index in [1.165, 1.54) is 308 Å². The zero-order valence-corrected chi connectivity index (χ0v) is 56.8. The highest BCUT2D eigenvalue weighted by Crippen LogP contribution is 2.43. The second-order valence-corrected chi connectivity index (χ2v) is 26.6. The number of phosphoric acid groups is 1. The van der Waals surface area contributed by atoms with Crippen LogP contribution in [0.25, 0.3) is 0 Å². The summed E-state index contributed by atoms with van der Waals surface area (Å²) in [4.78, 5) is 35.4. The second-order valence-electron chi connectivity index (χ2n) is 25.2. The fourth-order valence-corrected chi connectivity index (χ4v) is 12.1. The largest absolute Gasteiger partial charge is 0.472 e. The highest BCUT2D eigenvalue weighted by Gasteiger charge is 2.26. The minimum atomic E-state index is -4.39. The number of phosphoric ester groups is 1. The van der Waals surface area contributed by atoms with Crippen molar-refractivity contribution in [2.75, 3.05) is 26.4 Å². The average Bonchev–Trinajstić information content (AvgIpc) is 3.58. The van der Waals surface area contributed by atoms with E-state index in [2.05, 4.69) is 50.3 Å². The fraction of sp³-hybridized carbons (Fsp3) is 0.892. The van der Waals surface area contributed by atoms with Crippen LogP contribution in [0.3, 0.4) is 0 Å². The van der Waals surface area contributed by atoms with E-state index in [-0.39, 0.29) is 38.6 Å². The van der Waals surface area contributed by atoms with Crippen molar-refractivity contribution in [3.8, 4) is 0 Å². The van der Waals surface area contributed by atoms with Crippen molar-refractivity contribution in [2.24, 2.45) is 5.73 Å². The number of carbonyl (C=O) groups excluding carboxylic acids is 2. The van der Waals surface area contributed by atoms with Gasteiger partial charge in [-0.1, -0.05) is 365 Å². The van der Waals surface area contributed by atoms with Crippen LogP contribution >= 0.6 is 7.82 Å². The van der Waals surface area contributed by atoms with Gasteiger partial charge in [-0.3, -0.25) is 18.6 Å². The third kappa shape index (κ3) is 69.3. The molecule has 0 rings (SSSR count). The van der Waals surface area contributed by atoms with Gasteiger partial charge in [-0.05, 0) is 51.4 Å². The standard InChI is InChI=1S/C74H142NO8P/c1-3-5-7-9-11-13-15-17-19-21-23-25-27-29-31-33-34-35-36-37-39-40-42-44-46-48-50-52-54-56-58-60-62-64-66-73(76)80-70-72(71-82-84(78,79)81-69-68-75)83-74(77)67-65-63-61-59-57-55-53-51-49-47-45-43-41-38-32-30-28-26-24-22-20-18-16-14-12-10-8-6-4-2/h16,18,22,24,28,30,72H,3-15,17,19-21,23,25-27,29,31-71,75H2,1-2H3,(H,78,79)/b18-16-,24-22-,30-28-. The molecule has 9 nitrogen and oxygen atoms in total. The molecule has 84 heavy (non-hydrogen) atoms. The van der Waals surface area contributed by atoms with Crippen molar-refractivity contribution in [3.63, 3.8) is 0 Å². The van der Waals surface area contributed by atoms with E-state index in [9.17, 15) is 19.0 Å². The van der Waals surface area contributed by atoms with Crippen molar-refractivity contribution in [1.82, 2.24) is 0 Å². The molecule has 10 heteroatoms. The summed E-state index contributed by atoms with van der Waals surface area (Å²) in [5.74, 6) is -0.806. The van der Waals surface area contributed by atoms with Gasteiger partial charge in [0, 0.05) is 19.4 Å². The molecular weight excluding hydrogens is 1060 g/mol. The molecule has 2 unspecified atom stereocenters. The first-order valence-corrected chi connectivity index (χ1v) is 38.5. The highest BCUT2D eigenvalue weighted by molar-refractivity contribution is 7.47. The van der Waals surface area contributed by atoms with E-state index in [0.717, 1.165) is 51.4 Å². The monoisotopic (exact) mass is 1200 g/mol. The van der Waals surface area contributed by atoms with Gasteiger partial charge in [0.25, 0.3) is 0 Å². The van der Waals surface area contributed by atoms with Gasteiger partial charge < -0.3 is 20.1 Å². The Morgan fingerprint density at radius 1 is 0.357 bits per heavy atom. The third-order valence-corrected chi connectivity index (χ3v) is 17.8. The van der Waals surface area contributed by atoms with Crippen LogP contribution in [0, 0.1) is 0 Å². The lowest BCUT2D eigenvalue weighted by atomic mass is 10.0. The molecule has 2 atom stereocenters. The number of allylic oxidation sites excluding steroid dienone is 6. The molecule has 0 aliphatic carbocycles. The maximum absolute atomic E-state index is 12.8. The van der Waals surface area contributed by atoms with Crippen molar-refractivity contribution in [3.05, 3.63) is 36.5 Å². The molecule has 0 aromatic carbocycles.